The number of non-ortho nitro benzene ring substituents is 1. The molecule has 0 unspecified atom stereocenters. The first kappa shape index (κ1) is 23.5. The zero-order valence-electron chi connectivity index (χ0n) is 18.6. The number of hydrogen-bond acceptors (Lipinski definition) is 6. The van der Waals surface area contributed by atoms with Crippen molar-refractivity contribution in [1.82, 2.24) is 20.1 Å². The van der Waals surface area contributed by atoms with E-state index in [0.717, 1.165) is 16.3 Å². The van der Waals surface area contributed by atoms with Crippen LogP contribution in [-0.4, -0.2) is 25.6 Å². The highest BCUT2D eigenvalue weighted by atomic mass is 32.2. The molecule has 1 amide bonds. The third kappa shape index (κ3) is 5.53. The van der Waals surface area contributed by atoms with Crippen LogP contribution in [0.25, 0.3) is 0 Å². The maximum atomic E-state index is 12.8. The van der Waals surface area contributed by atoms with Gasteiger partial charge in [-0.3, -0.25) is 14.9 Å². The summed E-state index contributed by atoms with van der Waals surface area (Å²) >= 11 is 1.51. The molecule has 0 saturated carbocycles. The lowest BCUT2D eigenvalue weighted by molar-refractivity contribution is -0.384. The maximum absolute atomic E-state index is 12.8. The molecule has 0 aliphatic carbocycles. The number of nitro benzene ring substituents is 1. The summed E-state index contributed by atoms with van der Waals surface area (Å²) in [5, 5.41) is 23.5. The summed E-state index contributed by atoms with van der Waals surface area (Å²) in [7, 11) is 0. The van der Waals surface area contributed by atoms with Crippen LogP contribution in [0, 0.1) is 23.0 Å². The molecule has 1 N–H and O–H groups in total. The van der Waals surface area contributed by atoms with Gasteiger partial charge in [0.1, 0.15) is 0 Å². The number of aryl methyl sites for hydroxylation is 1. The van der Waals surface area contributed by atoms with E-state index in [9.17, 15) is 14.9 Å². The summed E-state index contributed by atoms with van der Waals surface area (Å²) in [6.07, 6.45) is 0. The van der Waals surface area contributed by atoms with Gasteiger partial charge in [-0.2, -0.15) is 0 Å². The average Bonchev–Trinajstić information content (AvgIpc) is 3.18. The van der Waals surface area contributed by atoms with Crippen molar-refractivity contribution in [2.75, 3.05) is 0 Å². The summed E-state index contributed by atoms with van der Waals surface area (Å²) in [5.74, 6) is 1.30. The van der Waals surface area contributed by atoms with E-state index in [-0.39, 0.29) is 23.6 Å². The fourth-order valence-electron chi connectivity index (χ4n) is 3.25. The van der Waals surface area contributed by atoms with Gasteiger partial charge in [0.15, 0.2) is 11.0 Å². The van der Waals surface area contributed by atoms with E-state index in [1.807, 2.05) is 56.5 Å². The summed E-state index contributed by atoms with van der Waals surface area (Å²) < 4.78 is 2.01. The van der Waals surface area contributed by atoms with E-state index in [0.29, 0.717) is 23.7 Å². The van der Waals surface area contributed by atoms with E-state index in [1.54, 1.807) is 12.1 Å². The Balaban J connectivity index is 1.76. The number of carbonyl (C=O) groups excluding carboxylic acids is 1. The topological polar surface area (TPSA) is 103 Å². The molecule has 3 rings (SSSR count). The SMILES string of the molecule is CCn1c(SCc2ccc([N+](=O)[O-])cc2)nnc1[C@H](NC(=O)c1ccc(C)cc1)C(C)C. The van der Waals surface area contributed by atoms with Gasteiger partial charge in [-0.1, -0.05) is 55.4 Å². The fourth-order valence-corrected chi connectivity index (χ4v) is 4.22. The van der Waals surface area contributed by atoms with Crippen LogP contribution in [0.1, 0.15) is 54.1 Å². The predicted molar refractivity (Wildman–Crippen MR) is 125 cm³/mol. The smallest absolute Gasteiger partial charge is 0.269 e. The van der Waals surface area contributed by atoms with E-state index in [2.05, 4.69) is 15.5 Å². The molecule has 0 radical (unpaired) electrons. The van der Waals surface area contributed by atoms with Crippen LogP contribution in [0.15, 0.2) is 53.7 Å². The molecule has 0 saturated heterocycles. The Bertz CT molecular complexity index is 1080. The molecule has 1 heterocycles. The highest BCUT2D eigenvalue weighted by molar-refractivity contribution is 7.98. The fraction of sp³-hybridized carbons (Fsp3) is 0.348. The Morgan fingerprint density at radius 3 is 2.34 bits per heavy atom. The Hall–Kier alpha value is -3.20. The van der Waals surface area contributed by atoms with Crippen LogP contribution in [0.3, 0.4) is 0 Å². The number of hydrogen-bond donors (Lipinski definition) is 1. The molecule has 2 aromatic carbocycles. The van der Waals surface area contributed by atoms with Gasteiger partial charge in [0, 0.05) is 30.0 Å². The van der Waals surface area contributed by atoms with Gasteiger partial charge in [0.05, 0.1) is 11.0 Å². The second-order valence-electron chi connectivity index (χ2n) is 7.86. The van der Waals surface area contributed by atoms with Gasteiger partial charge in [0.2, 0.25) is 0 Å². The van der Waals surface area contributed by atoms with Crippen LogP contribution < -0.4 is 5.32 Å². The van der Waals surface area contributed by atoms with E-state index >= 15 is 0 Å². The number of nitro groups is 1. The molecule has 0 aliphatic rings. The highest BCUT2D eigenvalue weighted by Gasteiger charge is 2.26. The lowest BCUT2D eigenvalue weighted by atomic mass is 10.0. The van der Waals surface area contributed by atoms with Gasteiger partial charge >= 0.3 is 0 Å². The van der Waals surface area contributed by atoms with Crippen molar-refractivity contribution in [3.05, 3.63) is 81.2 Å². The molecule has 0 spiro atoms. The lowest BCUT2D eigenvalue weighted by Gasteiger charge is -2.22. The molecule has 0 bridgehead atoms. The van der Waals surface area contributed by atoms with E-state index in [4.69, 9.17) is 0 Å². The second-order valence-corrected chi connectivity index (χ2v) is 8.80. The summed E-state index contributed by atoms with van der Waals surface area (Å²) in [5.41, 5.74) is 2.74. The first-order valence-corrected chi connectivity index (χ1v) is 11.5. The van der Waals surface area contributed by atoms with Crippen LogP contribution >= 0.6 is 11.8 Å². The van der Waals surface area contributed by atoms with E-state index < -0.39 is 4.92 Å². The van der Waals surface area contributed by atoms with Crippen molar-refractivity contribution in [2.45, 2.75) is 51.2 Å². The van der Waals surface area contributed by atoms with Crippen LogP contribution in [0.4, 0.5) is 5.69 Å². The van der Waals surface area contributed by atoms with Crippen LogP contribution in [-0.2, 0) is 12.3 Å². The van der Waals surface area contributed by atoms with Gasteiger partial charge in [-0.05, 0) is 37.5 Å². The zero-order chi connectivity index (χ0) is 23.3. The minimum Gasteiger partial charge on any atom is -0.342 e. The molecule has 1 aromatic heterocycles. The maximum Gasteiger partial charge on any atom is 0.269 e. The number of carbonyl (C=O) groups is 1. The number of benzene rings is 2. The van der Waals surface area contributed by atoms with Gasteiger partial charge < -0.3 is 9.88 Å². The molecule has 3 aromatic rings. The first-order valence-electron chi connectivity index (χ1n) is 10.5. The van der Waals surface area contributed by atoms with Crippen molar-refractivity contribution < 1.29 is 9.72 Å². The lowest BCUT2D eigenvalue weighted by Crippen LogP contribution is -2.33. The van der Waals surface area contributed by atoms with Crippen LogP contribution in [0.2, 0.25) is 0 Å². The Morgan fingerprint density at radius 1 is 1.12 bits per heavy atom. The Labute approximate surface area is 191 Å². The largest absolute Gasteiger partial charge is 0.342 e. The quantitative estimate of drug-likeness (QED) is 0.280. The third-order valence-electron chi connectivity index (χ3n) is 5.12. The molecule has 0 aliphatic heterocycles. The Morgan fingerprint density at radius 2 is 1.78 bits per heavy atom. The standard InChI is InChI=1S/C23H27N5O3S/c1-5-27-21(20(15(2)3)24-22(29)18-10-6-16(4)7-11-18)25-26-23(27)32-14-17-8-12-19(13-9-17)28(30)31/h6-13,15,20H,5,14H2,1-4H3,(H,24,29)/t20-/m1/s1. The van der Waals surface area contributed by atoms with E-state index in [1.165, 1.54) is 23.9 Å². The number of rotatable bonds is 9. The molecule has 32 heavy (non-hydrogen) atoms. The third-order valence-corrected chi connectivity index (χ3v) is 6.16. The summed E-state index contributed by atoms with van der Waals surface area (Å²) in [6, 6.07) is 13.7. The molecule has 0 fully saturated rings. The summed E-state index contributed by atoms with van der Waals surface area (Å²) in [6.45, 7) is 8.74. The molecule has 9 heteroatoms. The van der Waals surface area contributed by atoms with Gasteiger partial charge in [-0.25, -0.2) is 0 Å². The number of amides is 1. The normalized spacial score (nSPS) is 12.0. The van der Waals surface area contributed by atoms with Crippen molar-refractivity contribution >= 4 is 23.4 Å². The highest BCUT2D eigenvalue weighted by Crippen LogP contribution is 2.28. The molecule has 168 valence electrons. The van der Waals surface area contributed by atoms with Crippen molar-refractivity contribution in [3.63, 3.8) is 0 Å². The minimum atomic E-state index is -0.409. The van der Waals surface area contributed by atoms with Gasteiger partial charge in [-0.15, -0.1) is 10.2 Å². The Kier molecular flexibility index (Phi) is 7.63. The monoisotopic (exact) mass is 453 g/mol. The minimum absolute atomic E-state index is 0.0712. The first-order chi connectivity index (χ1) is 15.3. The predicted octanol–water partition coefficient (Wildman–Crippen LogP) is 4.93. The molecular weight excluding hydrogens is 426 g/mol. The van der Waals surface area contributed by atoms with Crippen molar-refractivity contribution in [1.29, 1.82) is 0 Å². The van der Waals surface area contributed by atoms with Gasteiger partial charge in [0.25, 0.3) is 11.6 Å². The van der Waals surface area contributed by atoms with Crippen molar-refractivity contribution in [3.8, 4) is 0 Å². The number of nitrogens with zero attached hydrogens (tertiary/aromatic N) is 4. The zero-order valence-corrected chi connectivity index (χ0v) is 19.4. The average molecular weight is 454 g/mol. The molecule has 8 nitrogen and oxygen atoms in total. The molecular formula is C23H27N5O3S. The van der Waals surface area contributed by atoms with Crippen LogP contribution in [0.5, 0.6) is 0 Å². The number of thioether (sulfide) groups is 1. The van der Waals surface area contributed by atoms with Crippen molar-refractivity contribution in [2.24, 2.45) is 5.92 Å². The molecule has 1 atom stereocenters. The summed E-state index contributed by atoms with van der Waals surface area (Å²) in [4.78, 5) is 23.2. The second kappa shape index (κ2) is 10.4. The number of aromatic nitrogens is 3. The number of nitrogens with one attached hydrogen (secondary N) is 1.